The molecule has 0 aliphatic carbocycles. The monoisotopic (exact) mass is 254 g/mol. The van der Waals surface area contributed by atoms with Gasteiger partial charge in [-0.1, -0.05) is 30.3 Å². The number of nitrogens with zero attached hydrogens (tertiary/aromatic N) is 2. The van der Waals surface area contributed by atoms with Crippen LogP contribution in [-0.2, 0) is 7.05 Å². The topological polar surface area (TPSA) is 25.2 Å². The number of rotatable bonds is 2. The van der Waals surface area contributed by atoms with Crippen LogP contribution in [0.15, 0.2) is 42.6 Å². The lowest BCUT2D eigenvalue weighted by atomic mass is 10.1. The predicted octanol–water partition coefficient (Wildman–Crippen LogP) is 2.93. The molecule has 0 saturated carbocycles. The summed E-state index contributed by atoms with van der Waals surface area (Å²) >= 11 is 0. The predicted molar refractivity (Wildman–Crippen MR) is 76.0 cm³/mol. The van der Waals surface area contributed by atoms with Crippen LogP contribution in [0.25, 0.3) is 11.1 Å². The minimum absolute atomic E-state index is 0.155. The Hall–Kier alpha value is -2.03. The van der Waals surface area contributed by atoms with Gasteiger partial charge in [0, 0.05) is 31.9 Å². The highest BCUT2D eigenvalue weighted by atomic mass is 16.2. The Kier molecular flexibility index (Phi) is 3.11. The van der Waals surface area contributed by atoms with Crippen LogP contribution in [0.1, 0.15) is 23.3 Å². The molecule has 3 nitrogen and oxygen atoms in total. The van der Waals surface area contributed by atoms with Gasteiger partial charge in [0.15, 0.2) is 0 Å². The van der Waals surface area contributed by atoms with Crippen LogP contribution in [-0.4, -0.2) is 28.5 Å². The van der Waals surface area contributed by atoms with Crippen molar-refractivity contribution >= 4 is 5.91 Å². The Morgan fingerprint density at radius 1 is 1.05 bits per heavy atom. The SMILES string of the molecule is Cn1cc(-c2ccccc2)cc1C(=O)N1CCCC1. The summed E-state index contributed by atoms with van der Waals surface area (Å²) in [4.78, 5) is 14.4. The van der Waals surface area contributed by atoms with Gasteiger partial charge in [-0.3, -0.25) is 4.79 Å². The zero-order valence-electron chi connectivity index (χ0n) is 11.2. The van der Waals surface area contributed by atoms with Gasteiger partial charge >= 0.3 is 0 Å². The third kappa shape index (κ3) is 2.28. The first kappa shape index (κ1) is 12.0. The molecule has 2 heterocycles. The number of benzene rings is 1. The number of carbonyl (C=O) groups excluding carboxylic acids is 1. The van der Waals surface area contributed by atoms with Gasteiger partial charge in [-0.15, -0.1) is 0 Å². The van der Waals surface area contributed by atoms with Gasteiger partial charge in [0.1, 0.15) is 5.69 Å². The van der Waals surface area contributed by atoms with E-state index >= 15 is 0 Å². The molecule has 2 aromatic rings. The molecule has 98 valence electrons. The van der Waals surface area contributed by atoms with Gasteiger partial charge in [0.05, 0.1) is 0 Å². The van der Waals surface area contributed by atoms with Crippen molar-refractivity contribution < 1.29 is 4.79 Å². The van der Waals surface area contributed by atoms with E-state index in [1.165, 1.54) is 0 Å². The number of likely N-dealkylation sites (tertiary alicyclic amines) is 1. The second-order valence-corrected chi connectivity index (χ2v) is 5.09. The van der Waals surface area contributed by atoms with Gasteiger partial charge in [0.25, 0.3) is 5.91 Å². The highest BCUT2D eigenvalue weighted by Gasteiger charge is 2.22. The Morgan fingerprint density at radius 3 is 2.42 bits per heavy atom. The van der Waals surface area contributed by atoms with Crippen molar-refractivity contribution in [3.63, 3.8) is 0 Å². The molecule has 0 unspecified atom stereocenters. The highest BCUT2D eigenvalue weighted by Crippen LogP contribution is 2.23. The number of hydrogen-bond donors (Lipinski definition) is 0. The van der Waals surface area contributed by atoms with E-state index in [2.05, 4.69) is 12.1 Å². The molecule has 1 aromatic heterocycles. The largest absolute Gasteiger partial charge is 0.346 e. The lowest BCUT2D eigenvalue weighted by Crippen LogP contribution is -2.29. The first-order valence-electron chi connectivity index (χ1n) is 6.77. The van der Waals surface area contributed by atoms with E-state index in [0.717, 1.165) is 42.8 Å². The zero-order valence-corrected chi connectivity index (χ0v) is 11.2. The number of amides is 1. The van der Waals surface area contributed by atoms with E-state index in [1.54, 1.807) is 0 Å². The van der Waals surface area contributed by atoms with Crippen LogP contribution in [0.4, 0.5) is 0 Å². The van der Waals surface area contributed by atoms with Crippen LogP contribution in [0.2, 0.25) is 0 Å². The van der Waals surface area contributed by atoms with Crippen LogP contribution >= 0.6 is 0 Å². The summed E-state index contributed by atoms with van der Waals surface area (Å²) in [7, 11) is 1.94. The van der Waals surface area contributed by atoms with Gasteiger partial charge < -0.3 is 9.47 Å². The standard InChI is InChI=1S/C16H18N2O/c1-17-12-14(13-7-3-2-4-8-13)11-15(17)16(19)18-9-5-6-10-18/h2-4,7-8,11-12H,5-6,9-10H2,1H3. The third-order valence-electron chi connectivity index (χ3n) is 3.72. The molecular weight excluding hydrogens is 236 g/mol. The summed E-state index contributed by atoms with van der Waals surface area (Å²) in [6, 6.07) is 12.2. The quantitative estimate of drug-likeness (QED) is 0.809. The fraction of sp³-hybridized carbons (Fsp3) is 0.312. The van der Waals surface area contributed by atoms with Crippen LogP contribution < -0.4 is 0 Å². The summed E-state index contributed by atoms with van der Waals surface area (Å²) in [5.41, 5.74) is 3.03. The molecule has 1 aliphatic rings. The summed E-state index contributed by atoms with van der Waals surface area (Å²) in [5, 5.41) is 0. The molecule has 1 aliphatic heterocycles. The molecule has 0 radical (unpaired) electrons. The molecule has 3 rings (SSSR count). The summed E-state index contributed by atoms with van der Waals surface area (Å²) < 4.78 is 1.93. The Labute approximate surface area is 113 Å². The molecule has 1 fully saturated rings. The molecule has 3 heteroatoms. The van der Waals surface area contributed by atoms with Crippen molar-refractivity contribution in [2.75, 3.05) is 13.1 Å². The maximum Gasteiger partial charge on any atom is 0.270 e. The van der Waals surface area contributed by atoms with Crippen molar-refractivity contribution in [3.05, 3.63) is 48.3 Å². The average molecular weight is 254 g/mol. The summed E-state index contributed by atoms with van der Waals surface area (Å²) in [6.45, 7) is 1.79. The molecule has 0 N–H and O–H groups in total. The molecule has 0 atom stereocenters. The van der Waals surface area contributed by atoms with E-state index in [9.17, 15) is 4.79 Å². The number of aryl methyl sites for hydroxylation is 1. The van der Waals surface area contributed by atoms with E-state index in [4.69, 9.17) is 0 Å². The fourth-order valence-corrected chi connectivity index (χ4v) is 2.65. The Bertz CT molecular complexity index is 580. The van der Waals surface area contributed by atoms with Crippen molar-refractivity contribution in [2.45, 2.75) is 12.8 Å². The van der Waals surface area contributed by atoms with Gasteiger partial charge in [0.2, 0.25) is 0 Å². The minimum Gasteiger partial charge on any atom is -0.346 e. The fourth-order valence-electron chi connectivity index (χ4n) is 2.65. The first-order valence-corrected chi connectivity index (χ1v) is 6.77. The van der Waals surface area contributed by atoms with E-state index < -0.39 is 0 Å². The molecule has 0 bridgehead atoms. The Balaban J connectivity index is 1.91. The van der Waals surface area contributed by atoms with Crippen LogP contribution in [0.5, 0.6) is 0 Å². The maximum absolute atomic E-state index is 12.4. The summed E-state index contributed by atoms with van der Waals surface area (Å²) in [6.07, 6.45) is 4.28. The first-order chi connectivity index (χ1) is 9.25. The number of carbonyl (C=O) groups is 1. The summed E-state index contributed by atoms with van der Waals surface area (Å²) in [5.74, 6) is 0.155. The number of aromatic nitrogens is 1. The molecule has 1 amide bonds. The van der Waals surface area contributed by atoms with Gasteiger partial charge in [-0.2, -0.15) is 0 Å². The molecule has 1 saturated heterocycles. The third-order valence-corrected chi connectivity index (χ3v) is 3.72. The van der Waals surface area contributed by atoms with Crippen LogP contribution in [0, 0.1) is 0 Å². The van der Waals surface area contributed by atoms with Crippen LogP contribution in [0.3, 0.4) is 0 Å². The second kappa shape index (κ2) is 4.92. The maximum atomic E-state index is 12.4. The molecule has 1 aromatic carbocycles. The van der Waals surface area contributed by atoms with E-state index in [0.29, 0.717) is 0 Å². The molecular formula is C16H18N2O. The van der Waals surface area contributed by atoms with Crippen molar-refractivity contribution in [1.29, 1.82) is 0 Å². The lowest BCUT2D eigenvalue weighted by Gasteiger charge is -2.15. The van der Waals surface area contributed by atoms with Crippen molar-refractivity contribution in [1.82, 2.24) is 9.47 Å². The zero-order chi connectivity index (χ0) is 13.2. The number of hydrogen-bond acceptors (Lipinski definition) is 1. The Morgan fingerprint density at radius 2 is 1.74 bits per heavy atom. The molecule has 0 spiro atoms. The smallest absolute Gasteiger partial charge is 0.270 e. The van der Waals surface area contributed by atoms with Gasteiger partial charge in [-0.25, -0.2) is 0 Å². The van der Waals surface area contributed by atoms with Crippen molar-refractivity contribution in [3.8, 4) is 11.1 Å². The van der Waals surface area contributed by atoms with E-state index in [1.807, 2.05) is 47.0 Å². The highest BCUT2D eigenvalue weighted by molar-refractivity contribution is 5.94. The van der Waals surface area contributed by atoms with E-state index in [-0.39, 0.29) is 5.91 Å². The average Bonchev–Trinajstić information content (AvgIpc) is 3.08. The van der Waals surface area contributed by atoms with Crippen molar-refractivity contribution in [2.24, 2.45) is 7.05 Å². The normalized spacial score (nSPS) is 14.9. The minimum atomic E-state index is 0.155. The van der Waals surface area contributed by atoms with Gasteiger partial charge in [-0.05, 0) is 24.5 Å². The lowest BCUT2D eigenvalue weighted by molar-refractivity contribution is 0.0783. The molecule has 19 heavy (non-hydrogen) atoms. The second-order valence-electron chi connectivity index (χ2n) is 5.09.